The normalized spacial score (nSPS) is 14.2. The van der Waals surface area contributed by atoms with E-state index in [-0.39, 0.29) is 36.3 Å². The van der Waals surface area contributed by atoms with Gasteiger partial charge in [-0.2, -0.15) is 10.2 Å². The fourth-order valence-electron chi connectivity index (χ4n) is 8.02. The molecule has 1 aliphatic rings. The highest BCUT2D eigenvalue weighted by molar-refractivity contribution is 6.06. The van der Waals surface area contributed by atoms with Gasteiger partial charge in [-0.05, 0) is 76.9 Å². The highest BCUT2D eigenvalue weighted by atomic mass is 16.5. The number of methoxy groups -OCH3 is 1. The molecule has 20 heteroatoms. The van der Waals surface area contributed by atoms with Gasteiger partial charge in [0.2, 0.25) is 23.7 Å². The molecule has 0 spiro atoms. The Morgan fingerprint density at radius 3 is 2.23 bits per heavy atom. The molecular formula is C41H53N13O7. The van der Waals surface area contributed by atoms with E-state index >= 15 is 0 Å². The number of anilines is 3. The molecule has 2 aromatic carbocycles. The standard InChI is InChI=1S/C41H53N13O7/c1-6-52-31(16-23(3)48-52)38(58)46-40-44-29-19-26(37(43)57)21-33(61-14-9-13-55)35(29)51(40)11-8-10-27-22-50(12-15-60-5)30-20-25(36(42)56)18-28-34(30)54(27)41(45-28)47-39(59)32-17-24(4)49-53(32)7-2/h16-21,27,38,55,58H,6-15,22H2,1-5H3,(H2,42,56)(H2,43,57)(H,44,46)(H,45,47,59)/t27-,38?/m0/s1. The van der Waals surface area contributed by atoms with Gasteiger partial charge in [0, 0.05) is 64.0 Å². The molecule has 0 saturated carbocycles. The van der Waals surface area contributed by atoms with Gasteiger partial charge in [-0.1, -0.05) is 0 Å². The molecule has 5 heterocycles. The molecule has 324 valence electrons. The zero-order valence-electron chi connectivity index (χ0n) is 35.0. The predicted octanol–water partition coefficient (Wildman–Crippen LogP) is 3.24. The number of rotatable bonds is 20. The third-order valence-corrected chi connectivity index (χ3v) is 10.8. The highest BCUT2D eigenvalue weighted by Gasteiger charge is 2.32. The van der Waals surface area contributed by atoms with Crippen molar-refractivity contribution in [1.82, 2.24) is 38.7 Å². The van der Waals surface area contributed by atoms with Crippen molar-refractivity contribution in [2.75, 3.05) is 55.6 Å². The lowest BCUT2D eigenvalue weighted by atomic mass is 10.0. The molecule has 0 fully saturated rings. The number of hydrogen-bond donors (Lipinski definition) is 6. The molecule has 7 rings (SSSR count). The Bertz CT molecular complexity index is 2590. The van der Waals surface area contributed by atoms with Gasteiger partial charge in [0.25, 0.3) is 5.91 Å². The summed E-state index contributed by atoms with van der Waals surface area (Å²) in [7, 11) is 1.63. The number of aliphatic hydroxyl groups excluding tert-OH is 2. The van der Waals surface area contributed by atoms with E-state index in [0.29, 0.717) is 110 Å². The van der Waals surface area contributed by atoms with Crippen LogP contribution in [0.15, 0.2) is 36.4 Å². The van der Waals surface area contributed by atoms with Crippen LogP contribution in [0, 0.1) is 13.8 Å². The molecular weight excluding hydrogens is 787 g/mol. The average molecular weight is 840 g/mol. The van der Waals surface area contributed by atoms with Crippen LogP contribution < -0.4 is 31.7 Å². The molecule has 2 atom stereocenters. The van der Waals surface area contributed by atoms with Crippen molar-refractivity contribution in [2.45, 2.75) is 78.9 Å². The molecule has 1 unspecified atom stereocenters. The second-order valence-electron chi connectivity index (χ2n) is 15.0. The number of aryl methyl sites for hydroxylation is 5. The van der Waals surface area contributed by atoms with Crippen LogP contribution >= 0.6 is 0 Å². The third-order valence-electron chi connectivity index (χ3n) is 10.8. The van der Waals surface area contributed by atoms with Gasteiger partial charge in [0.05, 0.1) is 58.6 Å². The van der Waals surface area contributed by atoms with Crippen LogP contribution in [-0.4, -0.2) is 107 Å². The van der Waals surface area contributed by atoms with Crippen molar-refractivity contribution in [3.8, 4) is 5.75 Å². The molecule has 1 aliphatic heterocycles. The number of ether oxygens (including phenoxy) is 2. The molecule has 0 saturated heterocycles. The summed E-state index contributed by atoms with van der Waals surface area (Å²) in [5, 5.41) is 36.2. The van der Waals surface area contributed by atoms with Crippen molar-refractivity contribution in [3.05, 3.63) is 70.3 Å². The number of nitrogens with two attached hydrogens (primary N) is 2. The molecule has 0 radical (unpaired) electrons. The lowest BCUT2D eigenvalue weighted by Gasteiger charge is -2.36. The van der Waals surface area contributed by atoms with Crippen molar-refractivity contribution in [3.63, 3.8) is 0 Å². The molecule has 61 heavy (non-hydrogen) atoms. The number of carbonyl (C=O) groups excluding carboxylic acids is 3. The topological polar surface area (TPSA) is 261 Å². The maximum Gasteiger partial charge on any atom is 0.276 e. The number of nitrogens with zero attached hydrogens (tertiary/aromatic N) is 9. The van der Waals surface area contributed by atoms with Gasteiger partial charge in [-0.15, -0.1) is 0 Å². The Labute approximate surface area is 351 Å². The highest BCUT2D eigenvalue weighted by Crippen LogP contribution is 2.41. The second kappa shape index (κ2) is 18.0. The summed E-state index contributed by atoms with van der Waals surface area (Å²) < 4.78 is 18.9. The smallest absolute Gasteiger partial charge is 0.276 e. The molecule has 6 aromatic rings. The van der Waals surface area contributed by atoms with Crippen LogP contribution in [0.3, 0.4) is 0 Å². The number of primary amides is 2. The molecule has 0 bridgehead atoms. The van der Waals surface area contributed by atoms with Gasteiger partial charge in [0.15, 0.2) is 6.23 Å². The summed E-state index contributed by atoms with van der Waals surface area (Å²) in [4.78, 5) is 50.7. The summed E-state index contributed by atoms with van der Waals surface area (Å²) in [6.45, 7) is 10.4. The first-order chi connectivity index (χ1) is 29.3. The van der Waals surface area contributed by atoms with E-state index in [1.807, 2.05) is 36.8 Å². The minimum atomic E-state index is -1.20. The quantitative estimate of drug-likeness (QED) is 0.0477. The van der Waals surface area contributed by atoms with Crippen LogP contribution in [0.1, 0.15) is 93.7 Å². The number of nitrogens with one attached hydrogen (secondary N) is 2. The van der Waals surface area contributed by atoms with Gasteiger partial charge in [-0.3, -0.25) is 29.1 Å². The third kappa shape index (κ3) is 8.59. The number of hydrogen-bond acceptors (Lipinski definition) is 13. The fraction of sp³-hybridized carbons (Fsp3) is 0.439. The van der Waals surface area contributed by atoms with Gasteiger partial charge >= 0.3 is 0 Å². The van der Waals surface area contributed by atoms with E-state index in [0.717, 1.165) is 16.9 Å². The van der Waals surface area contributed by atoms with E-state index in [1.54, 1.807) is 52.9 Å². The minimum Gasteiger partial charge on any atom is -0.491 e. The Morgan fingerprint density at radius 1 is 0.869 bits per heavy atom. The number of aromatic nitrogens is 8. The lowest BCUT2D eigenvalue weighted by molar-refractivity contribution is 0.0992. The summed E-state index contributed by atoms with van der Waals surface area (Å²) in [6.07, 6.45) is 0.258. The maximum absolute atomic E-state index is 13.9. The fourth-order valence-corrected chi connectivity index (χ4v) is 8.02. The van der Waals surface area contributed by atoms with E-state index < -0.39 is 18.0 Å². The summed E-state index contributed by atoms with van der Waals surface area (Å²) in [5.74, 6) is -0.686. The molecule has 0 aliphatic carbocycles. The van der Waals surface area contributed by atoms with Crippen LogP contribution in [0.5, 0.6) is 5.75 Å². The molecule has 4 aromatic heterocycles. The maximum atomic E-state index is 13.9. The minimum absolute atomic E-state index is 0.0942. The first-order valence-corrected chi connectivity index (χ1v) is 20.4. The molecule has 3 amide bonds. The van der Waals surface area contributed by atoms with E-state index in [4.69, 9.17) is 30.9 Å². The number of aliphatic hydroxyl groups is 2. The summed E-state index contributed by atoms with van der Waals surface area (Å²) >= 11 is 0. The van der Waals surface area contributed by atoms with Gasteiger partial charge in [0.1, 0.15) is 17.0 Å². The van der Waals surface area contributed by atoms with Gasteiger partial charge in [-0.25, -0.2) is 9.97 Å². The Balaban J connectivity index is 1.29. The monoisotopic (exact) mass is 839 g/mol. The van der Waals surface area contributed by atoms with Crippen molar-refractivity contribution < 1.29 is 34.1 Å². The van der Waals surface area contributed by atoms with E-state index in [2.05, 4.69) is 25.7 Å². The summed E-state index contributed by atoms with van der Waals surface area (Å²) in [5.41, 5.74) is 17.3. The van der Waals surface area contributed by atoms with Crippen LogP contribution in [0.2, 0.25) is 0 Å². The van der Waals surface area contributed by atoms with Crippen molar-refractivity contribution in [1.29, 1.82) is 0 Å². The van der Waals surface area contributed by atoms with E-state index in [9.17, 15) is 24.6 Å². The number of fused-ring (bicyclic) bond motifs is 1. The molecule has 8 N–H and O–H groups in total. The number of carbonyl (C=O) groups is 3. The molecule has 20 nitrogen and oxygen atoms in total. The Hall–Kier alpha value is -6.51. The largest absolute Gasteiger partial charge is 0.491 e. The van der Waals surface area contributed by atoms with Crippen LogP contribution in [-0.2, 0) is 24.4 Å². The first kappa shape index (κ1) is 42.6. The number of imidazole rings is 2. The lowest BCUT2D eigenvalue weighted by Crippen LogP contribution is -2.38. The number of benzene rings is 2. The zero-order chi connectivity index (χ0) is 43.5. The predicted molar refractivity (Wildman–Crippen MR) is 228 cm³/mol. The van der Waals surface area contributed by atoms with Crippen molar-refractivity contribution in [2.24, 2.45) is 11.5 Å². The van der Waals surface area contributed by atoms with Crippen molar-refractivity contribution >= 4 is 57.4 Å². The summed E-state index contributed by atoms with van der Waals surface area (Å²) in [6, 6.07) is 9.80. The first-order valence-electron chi connectivity index (χ1n) is 20.4. The van der Waals surface area contributed by atoms with Gasteiger partial charge < -0.3 is 50.5 Å². The van der Waals surface area contributed by atoms with Crippen LogP contribution in [0.25, 0.3) is 22.1 Å². The average Bonchev–Trinajstić information content (AvgIpc) is 4.00. The SMILES string of the molecule is CCn1nc(C)cc1C(=O)Nc1nc2cc(C(N)=O)cc3c2n1[C@@H](CCCn1c(NC(O)c2cc(C)nn2CC)nc2cc(C(N)=O)cc(OCCCO)c21)CN3CCOC. The zero-order valence-corrected chi connectivity index (χ0v) is 35.0. The Kier molecular flexibility index (Phi) is 12.6. The Morgan fingerprint density at radius 2 is 1.54 bits per heavy atom. The second-order valence-corrected chi connectivity index (χ2v) is 15.0. The number of amides is 3. The van der Waals surface area contributed by atoms with E-state index in [1.165, 1.54) is 0 Å². The van der Waals surface area contributed by atoms with Crippen LogP contribution in [0.4, 0.5) is 17.6 Å².